The Kier molecular flexibility index (Phi) is 4.89. The fraction of sp³-hybridized carbons (Fsp3) is 0.357. The maximum atomic E-state index is 12.0. The maximum absolute atomic E-state index is 12.0. The zero-order valence-electron chi connectivity index (χ0n) is 12.0. The lowest BCUT2D eigenvalue weighted by molar-refractivity contribution is -0.116. The van der Waals surface area contributed by atoms with Crippen molar-refractivity contribution < 1.29 is 14.6 Å². The first-order valence-electron chi connectivity index (χ1n) is 6.70. The van der Waals surface area contributed by atoms with Crippen LogP contribution in [0.15, 0.2) is 30.5 Å². The summed E-state index contributed by atoms with van der Waals surface area (Å²) in [4.78, 5) is 12.0. The number of hydrogen-bond acceptors (Lipinski definition) is 5. The number of para-hydroxylation sites is 2. The van der Waals surface area contributed by atoms with Gasteiger partial charge in [0.15, 0.2) is 0 Å². The van der Waals surface area contributed by atoms with Crippen LogP contribution in [0.25, 0.3) is 0 Å². The van der Waals surface area contributed by atoms with E-state index in [-0.39, 0.29) is 12.5 Å². The van der Waals surface area contributed by atoms with Crippen molar-refractivity contribution in [2.75, 3.05) is 11.9 Å². The van der Waals surface area contributed by atoms with Crippen LogP contribution in [0.4, 0.5) is 5.69 Å². The number of aromatic nitrogens is 3. The zero-order valence-corrected chi connectivity index (χ0v) is 12.0. The van der Waals surface area contributed by atoms with E-state index in [1.54, 1.807) is 25.3 Å². The van der Waals surface area contributed by atoms with E-state index < -0.39 is 6.10 Å². The summed E-state index contributed by atoms with van der Waals surface area (Å²) in [6.07, 6.45) is 0.832. The highest BCUT2D eigenvalue weighted by molar-refractivity contribution is 5.92. The molecule has 0 bridgehead atoms. The van der Waals surface area contributed by atoms with Crippen molar-refractivity contribution >= 4 is 11.6 Å². The molecule has 21 heavy (non-hydrogen) atoms. The number of ether oxygens (including phenoxy) is 1. The quantitative estimate of drug-likeness (QED) is 0.838. The number of hydrogen-bond donors (Lipinski definition) is 2. The molecule has 1 amide bonds. The highest BCUT2D eigenvalue weighted by Gasteiger charge is 2.11. The minimum Gasteiger partial charge on any atom is -0.492 e. The summed E-state index contributed by atoms with van der Waals surface area (Å²) in [6.45, 7) is 4.01. The lowest BCUT2D eigenvalue weighted by atomic mass is 10.3. The molecule has 2 aromatic rings. The van der Waals surface area contributed by atoms with Crippen LogP contribution in [-0.2, 0) is 11.3 Å². The number of benzene rings is 1. The molecule has 0 saturated carbocycles. The summed E-state index contributed by atoms with van der Waals surface area (Å²) in [7, 11) is 0. The average Bonchev–Trinajstić information content (AvgIpc) is 2.90. The van der Waals surface area contributed by atoms with E-state index >= 15 is 0 Å². The van der Waals surface area contributed by atoms with Crippen molar-refractivity contribution in [3.8, 4) is 5.75 Å². The summed E-state index contributed by atoms with van der Waals surface area (Å²) < 4.78 is 6.82. The maximum Gasteiger partial charge on any atom is 0.246 e. The van der Waals surface area contributed by atoms with Crippen LogP contribution >= 0.6 is 0 Å². The first-order valence-corrected chi connectivity index (χ1v) is 6.70. The van der Waals surface area contributed by atoms with Crippen LogP contribution in [0, 0.1) is 0 Å². The van der Waals surface area contributed by atoms with Crippen LogP contribution in [0.1, 0.15) is 25.6 Å². The molecule has 0 radical (unpaired) electrons. The minimum atomic E-state index is -0.708. The first kappa shape index (κ1) is 15.0. The average molecular weight is 290 g/mol. The van der Waals surface area contributed by atoms with E-state index in [0.29, 0.717) is 23.7 Å². The molecule has 0 saturated heterocycles. The van der Waals surface area contributed by atoms with E-state index in [1.165, 1.54) is 4.68 Å². The van der Waals surface area contributed by atoms with E-state index in [1.807, 2.05) is 19.1 Å². The second-order valence-corrected chi connectivity index (χ2v) is 4.49. The van der Waals surface area contributed by atoms with Crippen molar-refractivity contribution in [3.05, 3.63) is 36.2 Å². The number of carbonyl (C=O) groups excluding carboxylic acids is 1. The third-order valence-electron chi connectivity index (χ3n) is 2.75. The Balaban J connectivity index is 2.01. The van der Waals surface area contributed by atoms with Gasteiger partial charge in [-0.1, -0.05) is 17.3 Å². The molecule has 7 heteroatoms. The number of anilines is 1. The number of nitrogens with one attached hydrogen (secondary N) is 1. The Hall–Kier alpha value is -2.41. The van der Waals surface area contributed by atoms with Gasteiger partial charge in [0.05, 0.1) is 24.6 Å². The predicted molar refractivity (Wildman–Crippen MR) is 76.9 cm³/mol. The summed E-state index contributed by atoms with van der Waals surface area (Å²) in [5.74, 6) is 0.376. The fourth-order valence-electron chi connectivity index (χ4n) is 1.77. The molecule has 0 fully saturated rings. The number of aliphatic hydroxyl groups excluding tert-OH is 1. The minimum absolute atomic E-state index is 0.0141. The predicted octanol–water partition coefficient (Wildman–Crippen LogP) is 1.37. The fourth-order valence-corrected chi connectivity index (χ4v) is 1.77. The highest BCUT2D eigenvalue weighted by Crippen LogP contribution is 2.23. The van der Waals surface area contributed by atoms with Crippen molar-refractivity contribution in [1.82, 2.24) is 15.0 Å². The summed E-state index contributed by atoms with van der Waals surface area (Å²) >= 11 is 0. The Morgan fingerprint density at radius 3 is 2.90 bits per heavy atom. The number of nitrogens with zero attached hydrogens (tertiary/aromatic N) is 3. The standard InChI is InChI=1S/C14H18N4O3/c1-3-21-13-7-5-4-6-11(13)15-14(20)9-18-8-12(10(2)19)16-17-18/h4-8,10,19H,3,9H2,1-2H3,(H,15,20). The van der Waals surface area contributed by atoms with Gasteiger partial charge in [-0.15, -0.1) is 5.10 Å². The Labute approximate surface area is 122 Å². The molecule has 1 aromatic heterocycles. The molecule has 1 unspecified atom stereocenters. The first-order chi connectivity index (χ1) is 10.1. The second kappa shape index (κ2) is 6.85. The lowest BCUT2D eigenvalue weighted by Gasteiger charge is -2.10. The number of carbonyl (C=O) groups is 1. The normalized spacial score (nSPS) is 12.0. The van der Waals surface area contributed by atoms with Gasteiger partial charge in [0, 0.05) is 0 Å². The summed E-state index contributed by atoms with van der Waals surface area (Å²) in [5.41, 5.74) is 1.04. The van der Waals surface area contributed by atoms with Crippen LogP contribution in [0.2, 0.25) is 0 Å². The van der Waals surface area contributed by atoms with Gasteiger partial charge in [-0.3, -0.25) is 4.79 Å². The topological polar surface area (TPSA) is 89.3 Å². The van der Waals surface area contributed by atoms with Crippen molar-refractivity contribution in [2.45, 2.75) is 26.5 Å². The summed E-state index contributed by atoms with van der Waals surface area (Å²) in [5, 5.41) is 19.7. The molecule has 112 valence electrons. The van der Waals surface area contributed by atoms with E-state index in [4.69, 9.17) is 4.74 Å². The van der Waals surface area contributed by atoms with Crippen LogP contribution in [-0.4, -0.2) is 32.6 Å². The third kappa shape index (κ3) is 4.03. The van der Waals surface area contributed by atoms with Gasteiger partial charge in [0.1, 0.15) is 18.0 Å². The second-order valence-electron chi connectivity index (χ2n) is 4.49. The molecule has 1 aromatic carbocycles. The van der Waals surface area contributed by atoms with Gasteiger partial charge < -0.3 is 15.2 Å². The van der Waals surface area contributed by atoms with Crippen LogP contribution in [0.3, 0.4) is 0 Å². The smallest absolute Gasteiger partial charge is 0.246 e. The van der Waals surface area contributed by atoms with Gasteiger partial charge in [0.25, 0.3) is 0 Å². The lowest BCUT2D eigenvalue weighted by Crippen LogP contribution is -2.19. The van der Waals surface area contributed by atoms with Gasteiger partial charge in [0.2, 0.25) is 5.91 Å². The largest absolute Gasteiger partial charge is 0.492 e. The van der Waals surface area contributed by atoms with Gasteiger partial charge >= 0.3 is 0 Å². The zero-order chi connectivity index (χ0) is 15.2. The van der Waals surface area contributed by atoms with Crippen LogP contribution in [0.5, 0.6) is 5.75 Å². The number of rotatable bonds is 6. The molecule has 0 aliphatic heterocycles. The van der Waals surface area contributed by atoms with Gasteiger partial charge in [-0.25, -0.2) is 4.68 Å². The molecule has 0 spiro atoms. The number of amides is 1. The van der Waals surface area contributed by atoms with Crippen molar-refractivity contribution in [3.63, 3.8) is 0 Å². The van der Waals surface area contributed by atoms with Gasteiger partial charge in [-0.2, -0.15) is 0 Å². The molecule has 1 heterocycles. The monoisotopic (exact) mass is 290 g/mol. The van der Waals surface area contributed by atoms with E-state index in [2.05, 4.69) is 15.6 Å². The summed E-state index contributed by atoms with van der Waals surface area (Å²) in [6, 6.07) is 7.22. The van der Waals surface area contributed by atoms with Gasteiger partial charge in [-0.05, 0) is 26.0 Å². The van der Waals surface area contributed by atoms with E-state index in [9.17, 15) is 9.90 Å². The molecule has 7 nitrogen and oxygen atoms in total. The van der Waals surface area contributed by atoms with E-state index in [0.717, 1.165) is 0 Å². The Morgan fingerprint density at radius 1 is 1.48 bits per heavy atom. The molecular formula is C14H18N4O3. The van der Waals surface area contributed by atoms with Crippen LogP contribution < -0.4 is 10.1 Å². The van der Waals surface area contributed by atoms with Crippen molar-refractivity contribution in [2.24, 2.45) is 0 Å². The van der Waals surface area contributed by atoms with Crippen molar-refractivity contribution in [1.29, 1.82) is 0 Å². The molecule has 0 aliphatic carbocycles. The Bertz CT molecular complexity index is 610. The molecule has 1 atom stereocenters. The molecule has 2 N–H and O–H groups in total. The molecule has 2 rings (SSSR count). The third-order valence-corrected chi connectivity index (χ3v) is 2.75. The SMILES string of the molecule is CCOc1ccccc1NC(=O)Cn1cc(C(C)O)nn1. The highest BCUT2D eigenvalue weighted by atomic mass is 16.5. The Morgan fingerprint density at radius 2 is 2.24 bits per heavy atom. The molecule has 0 aliphatic rings. The molecular weight excluding hydrogens is 272 g/mol. The number of aliphatic hydroxyl groups is 1.